The number of benzene rings is 2. The lowest BCUT2D eigenvalue weighted by Gasteiger charge is -2.32. The van der Waals surface area contributed by atoms with Gasteiger partial charge < -0.3 is 14.4 Å². The zero-order chi connectivity index (χ0) is 23.5. The molecule has 0 radical (unpaired) electrons. The van der Waals surface area contributed by atoms with E-state index < -0.39 is 0 Å². The molecule has 0 bridgehead atoms. The summed E-state index contributed by atoms with van der Waals surface area (Å²) in [6.07, 6.45) is 3.77. The minimum atomic E-state index is -0.0698. The van der Waals surface area contributed by atoms with Gasteiger partial charge in [-0.3, -0.25) is 9.36 Å². The number of ether oxygens (including phenoxy) is 2. The van der Waals surface area contributed by atoms with Crippen molar-refractivity contribution >= 4 is 5.91 Å². The van der Waals surface area contributed by atoms with Gasteiger partial charge >= 0.3 is 5.69 Å². The lowest BCUT2D eigenvalue weighted by atomic mass is 9.96. The van der Waals surface area contributed by atoms with Gasteiger partial charge in [0.05, 0.1) is 18.7 Å². The molecule has 0 spiro atoms. The molecule has 1 saturated carbocycles. The van der Waals surface area contributed by atoms with Gasteiger partial charge in [0, 0.05) is 32.2 Å². The Morgan fingerprint density at radius 1 is 1.06 bits per heavy atom. The summed E-state index contributed by atoms with van der Waals surface area (Å²) in [6.45, 7) is 2.08. The van der Waals surface area contributed by atoms with Gasteiger partial charge in [0.1, 0.15) is 17.3 Å². The Morgan fingerprint density at radius 3 is 2.59 bits per heavy atom. The van der Waals surface area contributed by atoms with Crippen LogP contribution >= 0.6 is 0 Å². The number of para-hydroxylation sites is 2. The van der Waals surface area contributed by atoms with Crippen molar-refractivity contribution in [2.24, 2.45) is 0 Å². The number of hydrogen-bond donors (Lipinski definition) is 0. The Hall–Kier alpha value is -3.39. The SMILES string of the molecule is COCCn1nc(C2CCCN(C(=O)c3ccccc3Oc3ccccc3)C2)n(C2CC2)c1=O. The van der Waals surface area contributed by atoms with Gasteiger partial charge in [0.15, 0.2) is 0 Å². The molecule has 2 heterocycles. The van der Waals surface area contributed by atoms with E-state index in [-0.39, 0.29) is 23.6 Å². The van der Waals surface area contributed by atoms with Crippen LogP contribution in [0.2, 0.25) is 0 Å². The molecule has 8 heteroatoms. The summed E-state index contributed by atoms with van der Waals surface area (Å²) in [4.78, 5) is 28.4. The molecule has 1 aromatic heterocycles. The maximum atomic E-state index is 13.6. The molecule has 2 fully saturated rings. The minimum Gasteiger partial charge on any atom is -0.457 e. The number of aromatic nitrogens is 3. The van der Waals surface area contributed by atoms with Gasteiger partial charge in [-0.25, -0.2) is 9.48 Å². The fraction of sp³-hybridized carbons (Fsp3) is 0.423. The van der Waals surface area contributed by atoms with Crippen molar-refractivity contribution in [3.63, 3.8) is 0 Å². The Kier molecular flexibility index (Phi) is 6.49. The van der Waals surface area contributed by atoms with E-state index in [1.165, 1.54) is 4.68 Å². The van der Waals surface area contributed by atoms with Gasteiger partial charge in [0.25, 0.3) is 5.91 Å². The van der Waals surface area contributed by atoms with E-state index in [0.29, 0.717) is 43.3 Å². The first-order chi connectivity index (χ1) is 16.7. The molecule has 2 aromatic carbocycles. The molecule has 1 saturated heterocycles. The summed E-state index contributed by atoms with van der Waals surface area (Å²) in [5.41, 5.74) is 0.469. The molecule has 34 heavy (non-hydrogen) atoms. The molecule has 1 atom stereocenters. The molecule has 0 N–H and O–H groups in total. The summed E-state index contributed by atoms with van der Waals surface area (Å²) < 4.78 is 14.6. The van der Waals surface area contributed by atoms with Crippen LogP contribution in [0.3, 0.4) is 0 Å². The van der Waals surface area contributed by atoms with Crippen LogP contribution in [-0.4, -0.2) is 52.0 Å². The van der Waals surface area contributed by atoms with Crippen molar-refractivity contribution in [3.05, 3.63) is 76.5 Å². The van der Waals surface area contributed by atoms with Gasteiger partial charge in [-0.05, 0) is 49.9 Å². The first-order valence-corrected chi connectivity index (χ1v) is 11.9. The predicted octanol–water partition coefficient (Wildman–Crippen LogP) is 3.84. The molecule has 178 valence electrons. The van der Waals surface area contributed by atoms with Crippen LogP contribution in [0.5, 0.6) is 11.5 Å². The van der Waals surface area contributed by atoms with Gasteiger partial charge in [-0.1, -0.05) is 30.3 Å². The quantitative estimate of drug-likeness (QED) is 0.508. The van der Waals surface area contributed by atoms with Crippen LogP contribution in [0.1, 0.15) is 53.8 Å². The third-order valence-electron chi connectivity index (χ3n) is 6.48. The van der Waals surface area contributed by atoms with E-state index in [9.17, 15) is 9.59 Å². The second kappa shape index (κ2) is 9.85. The Labute approximate surface area is 198 Å². The number of likely N-dealkylation sites (tertiary alicyclic amines) is 1. The van der Waals surface area contributed by atoms with E-state index in [4.69, 9.17) is 14.6 Å². The number of piperidine rings is 1. The fourth-order valence-electron chi connectivity index (χ4n) is 4.61. The zero-order valence-corrected chi connectivity index (χ0v) is 19.4. The van der Waals surface area contributed by atoms with Crippen molar-refractivity contribution in [3.8, 4) is 11.5 Å². The van der Waals surface area contributed by atoms with E-state index in [0.717, 1.165) is 31.5 Å². The van der Waals surface area contributed by atoms with E-state index >= 15 is 0 Å². The number of methoxy groups -OCH3 is 1. The summed E-state index contributed by atoms with van der Waals surface area (Å²) >= 11 is 0. The Bertz CT molecular complexity index is 1200. The molecule has 8 nitrogen and oxygen atoms in total. The number of carbonyl (C=O) groups is 1. The summed E-state index contributed by atoms with van der Waals surface area (Å²) in [6, 6.07) is 17.1. The van der Waals surface area contributed by atoms with Crippen molar-refractivity contribution in [2.75, 3.05) is 26.8 Å². The molecule has 1 aliphatic heterocycles. The van der Waals surface area contributed by atoms with Crippen molar-refractivity contribution < 1.29 is 14.3 Å². The molecule has 1 unspecified atom stereocenters. The second-order valence-electron chi connectivity index (χ2n) is 8.96. The highest BCUT2D eigenvalue weighted by atomic mass is 16.5. The van der Waals surface area contributed by atoms with Crippen LogP contribution in [0, 0.1) is 0 Å². The average Bonchev–Trinajstić information content (AvgIpc) is 3.66. The maximum absolute atomic E-state index is 13.6. The summed E-state index contributed by atoms with van der Waals surface area (Å²) in [7, 11) is 1.62. The smallest absolute Gasteiger partial charge is 0.346 e. The monoisotopic (exact) mass is 462 g/mol. The molecular weight excluding hydrogens is 432 g/mol. The van der Waals surface area contributed by atoms with Crippen LogP contribution < -0.4 is 10.4 Å². The fourth-order valence-corrected chi connectivity index (χ4v) is 4.61. The van der Waals surface area contributed by atoms with Crippen LogP contribution in [0.25, 0.3) is 0 Å². The largest absolute Gasteiger partial charge is 0.457 e. The number of rotatable bonds is 8. The highest BCUT2D eigenvalue weighted by Crippen LogP contribution is 2.37. The van der Waals surface area contributed by atoms with Crippen LogP contribution in [-0.2, 0) is 11.3 Å². The first-order valence-electron chi connectivity index (χ1n) is 11.9. The van der Waals surface area contributed by atoms with Crippen molar-refractivity contribution in [1.82, 2.24) is 19.2 Å². The van der Waals surface area contributed by atoms with E-state index in [1.54, 1.807) is 7.11 Å². The highest BCUT2D eigenvalue weighted by Gasteiger charge is 2.35. The van der Waals surface area contributed by atoms with Crippen molar-refractivity contribution in [1.29, 1.82) is 0 Å². The third kappa shape index (κ3) is 4.63. The zero-order valence-electron chi connectivity index (χ0n) is 19.4. The molecular formula is C26H30N4O4. The number of hydrogen-bond acceptors (Lipinski definition) is 5. The Balaban J connectivity index is 1.38. The highest BCUT2D eigenvalue weighted by molar-refractivity contribution is 5.97. The van der Waals surface area contributed by atoms with Crippen LogP contribution in [0.4, 0.5) is 0 Å². The molecule has 3 aromatic rings. The standard InChI is InChI=1S/C26H30N4O4/c1-33-17-16-29-26(32)30(20-13-14-20)24(27-29)19-8-7-15-28(18-19)25(31)22-11-5-6-12-23(22)34-21-9-3-2-4-10-21/h2-6,9-12,19-20H,7-8,13-18H2,1H3. The molecule has 2 aliphatic rings. The molecule has 5 rings (SSSR count). The second-order valence-corrected chi connectivity index (χ2v) is 8.96. The van der Waals surface area contributed by atoms with Gasteiger partial charge in [0.2, 0.25) is 0 Å². The minimum absolute atomic E-state index is 0.0250. The van der Waals surface area contributed by atoms with Gasteiger partial charge in [-0.2, -0.15) is 5.10 Å². The number of nitrogens with zero attached hydrogens (tertiary/aromatic N) is 4. The van der Waals surface area contributed by atoms with Crippen LogP contribution in [0.15, 0.2) is 59.4 Å². The lowest BCUT2D eigenvalue weighted by molar-refractivity contribution is 0.0700. The third-order valence-corrected chi connectivity index (χ3v) is 6.48. The van der Waals surface area contributed by atoms with Gasteiger partial charge in [-0.15, -0.1) is 0 Å². The lowest BCUT2D eigenvalue weighted by Crippen LogP contribution is -2.40. The Morgan fingerprint density at radius 2 is 1.82 bits per heavy atom. The first kappa shape index (κ1) is 22.4. The predicted molar refractivity (Wildman–Crippen MR) is 127 cm³/mol. The molecule has 1 amide bonds. The maximum Gasteiger partial charge on any atom is 0.346 e. The summed E-state index contributed by atoms with van der Waals surface area (Å²) in [5.74, 6) is 2.00. The summed E-state index contributed by atoms with van der Waals surface area (Å²) in [5, 5.41) is 4.70. The van der Waals surface area contributed by atoms with Crippen molar-refractivity contribution in [2.45, 2.75) is 44.2 Å². The normalized spacial score (nSPS) is 18.1. The average molecular weight is 463 g/mol. The van der Waals surface area contributed by atoms with E-state index in [1.807, 2.05) is 64.1 Å². The topological polar surface area (TPSA) is 78.6 Å². The number of carbonyl (C=O) groups excluding carboxylic acids is 1. The van der Waals surface area contributed by atoms with E-state index in [2.05, 4.69) is 0 Å². The molecule has 1 aliphatic carbocycles. The number of amides is 1.